The predicted octanol–water partition coefficient (Wildman–Crippen LogP) is -1.86. The smallest absolute Gasteiger partial charge is 0.191 e. The molecular weight excluding hydrogens is 300 g/mol. The summed E-state index contributed by atoms with van der Waals surface area (Å²) in [6.45, 7) is -0.422. The zero-order valence-corrected chi connectivity index (χ0v) is 11.8. The van der Waals surface area contributed by atoms with Gasteiger partial charge >= 0.3 is 0 Å². The first-order chi connectivity index (χ1) is 10.1. The molecule has 10 nitrogen and oxygen atoms in total. The standard InChI is InChI=1S/C10H14N6O4S/c1-21-10-12-7(11)4-8(13-10)16(15-14-4)9-6(19)5(18)3(2-17)20-9/h3,5-6,9,17-19H,2H2,1H3,(H2,11,12,13)/t3-,5-,6+,9+/m1/s1. The van der Waals surface area contributed by atoms with Crippen molar-refractivity contribution in [3.05, 3.63) is 0 Å². The van der Waals surface area contributed by atoms with E-state index in [9.17, 15) is 10.2 Å². The molecule has 4 atom stereocenters. The topological polar surface area (TPSA) is 152 Å². The summed E-state index contributed by atoms with van der Waals surface area (Å²) in [5.74, 6) is 0.169. The Bertz CT molecular complexity index is 666. The van der Waals surface area contributed by atoms with Crippen molar-refractivity contribution in [1.82, 2.24) is 25.0 Å². The Morgan fingerprint density at radius 2 is 2.10 bits per heavy atom. The van der Waals surface area contributed by atoms with Crippen LogP contribution >= 0.6 is 11.8 Å². The van der Waals surface area contributed by atoms with Crippen LogP contribution in [0.3, 0.4) is 0 Å². The van der Waals surface area contributed by atoms with Crippen LogP contribution in [0.2, 0.25) is 0 Å². The van der Waals surface area contributed by atoms with E-state index in [1.807, 2.05) is 0 Å². The summed E-state index contributed by atoms with van der Waals surface area (Å²) < 4.78 is 6.64. The van der Waals surface area contributed by atoms with Crippen molar-refractivity contribution in [1.29, 1.82) is 0 Å². The quantitative estimate of drug-likeness (QED) is 0.374. The second kappa shape index (κ2) is 5.35. The molecule has 0 amide bonds. The third-order valence-electron chi connectivity index (χ3n) is 3.27. The number of rotatable bonds is 3. The fourth-order valence-electron chi connectivity index (χ4n) is 2.17. The first-order valence-corrected chi connectivity index (χ1v) is 7.34. The summed E-state index contributed by atoms with van der Waals surface area (Å²) in [6, 6.07) is 0. The maximum Gasteiger partial charge on any atom is 0.191 e. The molecule has 0 aromatic carbocycles. The summed E-state index contributed by atoms with van der Waals surface area (Å²) in [7, 11) is 0. The Morgan fingerprint density at radius 1 is 1.33 bits per heavy atom. The van der Waals surface area contributed by atoms with Crippen molar-refractivity contribution >= 4 is 28.7 Å². The van der Waals surface area contributed by atoms with E-state index >= 15 is 0 Å². The fraction of sp³-hybridized carbons (Fsp3) is 0.600. The van der Waals surface area contributed by atoms with Gasteiger partial charge in [-0.05, 0) is 6.26 Å². The fourth-order valence-corrected chi connectivity index (χ4v) is 2.54. The van der Waals surface area contributed by atoms with E-state index in [1.165, 1.54) is 16.4 Å². The second-order valence-electron chi connectivity index (χ2n) is 4.53. The number of thioether (sulfide) groups is 1. The average Bonchev–Trinajstić information content (AvgIpc) is 3.02. The number of nitrogens with zero attached hydrogens (tertiary/aromatic N) is 5. The number of aliphatic hydroxyl groups excluding tert-OH is 3. The molecule has 5 N–H and O–H groups in total. The molecule has 1 fully saturated rings. The van der Waals surface area contributed by atoms with Crippen molar-refractivity contribution in [3.8, 4) is 0 Å². The van der Waals surface area contributed by atoms with Gasteiger partial charge < -0.3 is 25.8 Å². The Morgan fingerprint density at radius 3 is 2.71 bits per heavy atom. The normalized spacial score (nSPS) is 29.3. The molecule has 21 heavy (non-hydrogen) atoms. The third kappa shape index (κ3) is 2.22. The Labute approximate surface area is 122 Å². The van der Waals surface area contributed by atoms with Gasteiger partial charge in [0.1, 0.15) is 18.3 Å². The van der Waals surface area contributed by atoms with Gasteiger partial charge in [-0.15, -0.1) is 5.10 Å². The predicted molar refractivity (Wildman–Crippen MR) is 72.3 cm³/mol. The van der Waals surface area contributed by atoms with E-state index < -0.39 is 31.1 Å². The van der Waals surface area contributed by atoms with Crippen LogP contribution in [0.25, 0.3) is 11.2 Å². The van der Waals surface area contributed by atoms with Gasteiger partial charge in [0, 0.05) is 0 Å². The monoisotopic (exact) mass is 314 g/mol. The number of aliphatic hydroxyl groups is 3. The van der Waals surface area contributed by atoms with Crippen LogP contribution < -0.4 is 5.73 Å². The highest BCUT2D eigenvalue weighted by atomic mass is 32.2. The van der Waals surface area contributed by atoms with Gasteiger partial charge in [-0.2, -0.15) is 4.68 Å². The zero-order chi connectivity index (χ0) is 15.1. The van der Waals surface area contributed by atoms with E-state index in [4.69, 9.17) is 15.6 Å². The minimum Gasteiger partial charge on any atom is -0.394 e. The first-order valence-electron chi connectivity index (χ1n) is 6.11. The second-order valence-corrected chi connectivity index (χ2v) is 5.30. The van der Waals surface area contributed by atoms with Gasteiger partial charge in [0.25, 0.3) is 0 Å². The van der Waals surface area contributed by atoms with Crippen molar-refractivity contribution in [3.63, 3.8) is 0 Å². The molecule has 11 heteroatoms. The number of aromatic nitrogens is 5. The lowest BCUT2D eigenvalue weighted by molar-refractivity contribution is -0.0575. The van der Waals surface area contributed by atoms with E-state index in [0.29, 0.717) is 10.8 Å². The summed E-state index contributed by atoms with van der Waals surface area (Å²) in [5.41, 5.74) is 6.36. The van der Waals surface area contributed by atoms with Gasteiger partial charge in [0.05, 0.1) is 6.61 Å². The molecule has 114 valence electrons. The summed E-state index contributed by atoms with van der Waals surface area (Å²) >= 11 is 1.30. The molecule has 0 radical (unpaired) electrons. The zero-order valence-electron chi connectivity index (χ0n) is 11.0. The van der Waals surface area contributed by atoms with Crippen LogP contribution in [-0.2, 0) is 4.74 Å². The molecule has 0 bridgehead atoms. The largest absolute Gasteiger partial charge is 0.394 e. The molecule has 0 saturated carbocycles. The van der Waals surface area contributed by atoms with Crippen molar-refractivity contribution in [2.45, 2.75) is 29.7 Å². The molecule has 0 aliphatic carbocycles. The minimum absolute atomic E-state index is 0.169. The Kier molecular flexibility index (Phi) is 3.67. The Hall–Kier alpha value is -1.53. The molecule has 2 aromatic heterocycles. The third-order valence-corrected chi connectivity index (χ3v) is 3.82. The van der Waals surface area contributed by atoms with Crippen LogP contribution in [0.4, 0.5) is 5.82 Å². The molecule has 0 spiro atoms. The van der Waals surface area contributed by atoms with Gasteiger partial charge in [0.15, 0.2) is 28.4 Å². The van der Waals surface area contributed by atoms with Crippen LogP contribution in [0.5, 0.6) is 0 Å². The maximum atomic E-state index is 10.0. The highest BCUT2D eigenvalue weighted by Crippen LogP contribution is 2.31. The summed E-state index contributed by atoms with van der Waals surface area (Å²) in [5, 5.41) is 37.1. The molecule has 3 heterocycles. The lowest BCUT2D eigenvalue weighted by Gasteiger charge is -2.14. The number of hydrogen-bond donors (Lipinski definition) is 4. The van der Waals surface area contributed by atoms with Gasteiger partial charge in [-0.25, -0.2) is 9.97 Å². The van der Waals surface area contributed by atoms with Gasteiger partial charge in [0.2, 0.25) is 0 Å². The molecule has 1 aliphatic rings. The van der Waals surface area contributed by atoms with E-state index in [1.54, 1.807) is 6.26 Å². The molecule has 1 aliphatic heterocycles. The number of anilines is 1. The Balaban J connectivity index is 2.07. The highest BCUT2D eigenvalue weighted by Gasteiger charge is 2.44. The number of nitrogens with two attached hydrogens (primary N) is 1. The van der Waals surface area contributed by atoms with E-state index in [0.717, 1.165) is 0 Å². The molecular formula is C10H14N6O4S. The van der Waals surface area contributed by atoms with E-state index in [2.05, 4.69) is 20.3 Å². The van der Waals surface area contributed by atoms with E-state index in [-0.39, 0.29) is 11.3 Å². The van der Waals surface area contributed by atoms with Crippen molar-refractivity contribution in [2.24, 2.45) is 0 Å². The SMILES string of the molecule is CSc1nc(N)c2nnn([C@H]3O[C@H](CO)[C@@H](O)[C@@H]3O)c2n1. The lowest BCUT2D eigenvalue weighted by Crippen LogP contribution is -2.33. The number of hydrogen-bond acceptors (Lipinski definition) is 10. The van der Waals surface area contributed by atoms with Crippen molar-refractivity contribution < 1.29 is 20.1 Å². The number of nitrogen functional groups attached to an aromatic ring is 1. The summed E-state index contributed by atoms with van der Waals surface area (Å²) in [6.07, 6.45) is -2.60. The van der Waals surface area contributed by atoms with Crippen LogP contribution in [-0.4, -0.2) is 71.5 Å². The van der Waals surface area contributed by atoms with Crippen LogP contribution in [0, 0.1) is 0 Å². The maximum absolute atomic E-state index is 10.0. The average molecular weight is 314 g/mol. The van der Waals surface area contributed by atoms with Gasteiger partial charge in [-0.3, -0.25) is 0 Å². The first kappa shape index (κ1) is 14.4. The molecule has 2 aromatic rings. The van der Waals surface area contributed by atoms with Crippen LogP contribution in [0.1, 0.15) is 6.23 Å². The highest BCUT2D eigenvalue weighted by molar-refractivity contribution is 7.98. The molecule has 3 rings (SSSR count). The molecule has 1 saturated heterocycles. The van der Waals surface area contributed by atoms with Crippen molar-refractivity contribution in [2.75, 3.05) is 18.6 Å². The van der Waals surface area contributed by atoms with Crippen LogP contribution in [0.15, 0.2) is 5.16 Å². The van der Waals surface area contributed by atoms with Gasteiger partial charge in [-0.1, -0.05) is 17.0 Å². The lowest BCUT2D eigenvalue weighted by atomic mass is 10.1. The molecule has 0 unspecified atom stereocenters. The number of fused-ring (bicyclic) bond motifs is 1. The summed E-state index contributed by atoms with van der Waals surface area (Å²) in [4.78, 5) is 8.29. The minimum atomic E-state index is -1.26. The number of ether oxygens (including phenoxy) is 1.